The van der Waals surface area contributed by atoms with Crippen molar-refractivity contribution in [3.05, 3.63) is 59.7 Å². The summed E-state index contributed by atoms with van der Waals surface area (Å²) in [7, 11) is 0. The van der Waals surface area contributed by atoms with Crippen LogP contribution in [0.5, 0.6) is 0 Å². The zero-order valence-corrected chi connectivity index (χ0v) is 13.3. The van der Waals surface area contributed by atoms with E-state index in [0.717, 1.165) is 16.7 Å². The van der Waals surface area contributed by atoms with Gasteiger partial charge in [0.25, 0.3) is 0 Å². The van der Waals surface area contributed by atoms with Gasteiger partial charge in [-0.05, 0) is 36.6 Å². The Morgan fingerprint density at radius 1 is 1.09 bits per heavy atom. The summed E-state index contributed by atoms with van der Waals surface area (Å²) in [5, 5.41) is 5.13. The molecule has 0 unspecified atom stereocenters. The third-order valence-corrected chi connectivity index (χ3v) is 3.50. The lowest BCUT2D eigenvalue weighted by molar-refractivity contribution is -0.122. The molecule has 0 aliphatic heterocycles. The molecule has 0 saturated heterocycles. The maximum absolute atomic E-state index is 11.9. The van der Waals surface area contributed by atoms with Crippen molar-refractivity contribution in [1.29, 1.82) is 0 Å². The Hall–Kier alpha value is -2.82. The lowest BCUT2D eigenvalue weighted by Crippen LogP contribution is -2.46. The summed E-state index contributed by atoms with van der Waals surface area (Å²) in [6.07, 6.45) is 0. The number of rotatable bonds is 5. The van der Waals surface area contributed by atoms with Crippen molar-refractivity contribution >= 4 is 11.9 Å². The highest BCUT2D eigenvalue weighted by molar-refractivity contribution is 5.86. The van der Waals surface area contributed by atoms with E-state index in [1.165, 1.54) is 5.56 Å². The van der Waals surface area contributed by atoms with Gasteiger partial charge in [-0.25, -0.2) is 4.79 Å². The fourth-order valence-electron chi connectivity index (χ4n) is 2.31. The molecule has 1 atom stereocenters. The van der Waals surface area contributed by atoms with Crippen LogP contribution in [0.1, 0.15) is 18.1 Å². The Morgan fingerprint density at radius 2 is 1.74 bits per heavy atom. The van der Waals surface area contributed by atoms with E-state index >= 15 is 0 Å². The standard InChI is InChI=1S/C18H21N3O2/c1-12-5-3-7-15(9-12)16-8-4-6-14(10-16)11-20-17(22)13(2)21-18(19)23/h3-10,13H,11H2,1-2H3,(H,20,22)(H3,19,21,23)/t13-/m1/s1. The molecular weight excluding hydrogens is 290 g/mol. The fraction of sp³-hybridized carbons (Fsp3) is 0.222. The van der Waals surface area contributed by atoms with Gasteiger partial charge in [0.05, 0.1) is 0 Å². The third kappa shape index (κ3) is 4.85. The SMILES string of the molecule is Cc1cccc(-c2cccc(CNC(=O)[C@@H](C)NC(N)=O)c2)c1. The zero-order chi connectivity index (χ0) is 16.8. The van der Waals surface area contributed by atoms with Gasteiger partial charge < -0.3 is 16.4 Å². The van der Waals surface area contributed by atoms with Crippen LogP contribution >= 0.6 is 0 Å². The number of carbonyl (C=O) groups is 2. The lowest BCUT2D eigenvalue weighted by atomic mass is 10.0. The van der Waals surface area contributed by atoms with Crippen molar-refractivity contribution in [2.45, 2.75) is 26.4 Å². The number of nitrogens with two attached hydrogens (primary N) is 1. The smallest absolute Gasteiger partial charge is 0.312 e. The van der Waals surface area contributed by atoms with Crippen molar-refractivity contribution < 1.29 is 9.59 Å². The van der Waals surface area contributed by atoms with Crippen LogP contribution in [0.25, 0.3) is 11.1 Å². The summed E-state index contributed by atoms with van der Waals surface area (Å²) >= 11 is 0. The highest BCUT2D eigenvalue weighted by atomic mass is 16.2. The van der Waals surface area contributed by atoms with Gasteiger partial charge in [-0.3, -0.25) is 4.79 Å². The summed E-state index contributed by atoms with van der Waals surface area (Å²) in [5.41, 5.74) is 9.44. The Balaban J connectivity index is 2.03. The first-order valence-electron chi connectivity index (χ1n) is 7.45. The van der Waals surface area contributed by atoms with E-state index < -0.39 is 12.1 Å². The van der Waals surface area contributed by atoms with Crippen LogP contribution < -0.4 is 16.4 Å². The average molecular weight is 311 g/mol. The molecule has 0 radical (unpaired) electrons. The van der Waals surface area contributed by atoms with Gasteiger partial charge in [0.2, 0.25) is 5.91 Å². The summed E-state index contributed by atoms with van der Waals surface area (Å²) in [4.78, 5) is 22.6. The molecule has 0 heterocycles. The molecular formula is C18H21N3O2. The van der Waals surface area contributed by atoms with Gasteiger partial charge in [-0.15, -0.1) is 0 Å². The average Bonchev–Trinajstić information content (AvgIpc) is 2.52. The van der Waals surface area contributed by atoms with Crippen LogP contribution in [0.3, 0.4) is 0 Å². The van der Waals surface area contributed by atoms with Gasteiger partial charge in [-0.1, -0.05) is 48.0 Å². The number of primary amides is 1. The number of aryl methyl sites for hydroxylation is 1. The zero-order valence-electron chi connectivity index (χ0n) is 13.3. The predicted molar refractivity (Wildman–Crippen MR) is 90.6 cm³/mol. The first-order chi connectivity index (χ1) is 11.0. The third-order valence-electron chi connectivity index (χ3n) is 3.50. The first kappa shape index (κ1) is 16.5. The Morgan fingerprint density at radius 3 is 2.39 bits per heavy atom. The molecule has 0 aliphatic rings. The molecule has 0 fully saturated rings. The molecule has 23 heavy (non-hydrogen) atoms. The van der Waals surface area contributed by atoms with E-state index in [4.69, 9.17) is 5.73 Å². The molecule has 0 aliphatic carbocycles. The molecule has 2 aromatic carbocycles. The second-order valence-corrected chi connectivity index (χ2v) is 5.52. The van der Waals surface area contributed by atoms with Gasteiger partial charge in [0.15, 0.2) is 0 Å². The monoisotopic (exact) mass is 311 g/mol. The summed E-state index contributed by atoms with van der Waals surface area (Å²) in [5.74, 6) is -0.273. The molecule has 5 nitrogen and oxygen atoms in total. The molecule has 0 bridgehead atoms. The van der Waals surface area contributed by atoms with Gasteiger partial charge in [0, 0.05) is 6.54 Å². The molecule has 2 aromatic rings. The van der Waals surface area contributed by atoms with E-state index in [0.29, 0.717) is 6.54 Å². The highest BCUT2D eigenvalue weighted by Gasteiger charge is 2.13. The predicted octanol–water partition coefficient (Wildman–Crippen LogP) is 2.34. The molecule has 0 saturated carbocycles. The molecule has 4 N–H and O–H groups in total. The van der Waals surface area contributed by atoms with Crippen LogP contribution in [0.2, 0.25) is 0 Å². The summed E-state index contributed by atoms with van der Waals surface area (Å²) < 4.78 is 0. The lowest BCUT2D eigenvalue weighted by Gasteiger charge is -2.13. The van der Waals surface area contributed by atoms with Crippen LogP contribution in [0, 0.1) is 6.92 Å². The summed E-state index contributed by atoms with van der Waals surface area (Å²) in [6.45, 7) is 4.03. The molecule has 0 spiro atoms. The first-order valence-corrected chi connectivity index (χ1v) is 7.45. The van der Waals surface area contributed by atoms with Crippen molar-refractivity contribution in [3.63, 3.8) is 0 Å². The van der Waals surface area contributed by atoms with Gasteiger partial charge in [-0.2, -0.15) is 0 Å². The number of hydrogen-bond acceptors (Lipinski definition) is 2. The van der Waals surface area contributed by atoms with Crippen LogP contribution in [-0.2, 0) is 11.3 Å². The van der Waals surface area contributed by atoms with E-state index in [2.05, 4.69) is 35.8 Å². The number of hydrogen-bond donors (Lipinski definition) is 3. The largest absolute Gasteiger partial charge is 0.352 e. The number of urea groups is 1. The molecule has 120 valence electrons. The van der Waals surface area contributed by atoms with Crippen molar-refractivity contribution in [2.75, 3.05) is 0 Å². The number of benzene rings is 2. The van der Waals surface area contributed by atoms with Crippen molar-refractivity contribution in [2.24, 2.45) is 5.73 Å². The quantitative estimate of drug-likeness (QED) is 0.792. The van der Waals surface area contributed by atoms with E-state index in [9.17, 15) is 9.59 Å². The molecule has 0 aromatic heterocycles. The van der Waals surface area contributed by atoms with Gasteiger partial charge >= 0.3 is 6.03 Å². The van der Waals surface area contributed by atoms with E-state index in [1.807, 2.05) is 30.3 Å². The topological polar surface area (TPSA) is 84.2 Å². The fourth-order valence-corrected chi connectivity index (χ4v) is 2.31. The van der Waals surface area contributed by atoms with Gasteiger partial charge in [0.1, 0.15) is 6.04 Å². The summed E-state index contributed by atoms with van der Waals surface area (Å²) in [6, 6.07) is 14.9. The minimum absolute atomic E-state index is 0.273. The number of amides is 3. The maximum Gasteiger partial charge on any atom is 0.312 e. The minimum atomic E-state index is -0.714. The van der Waals surface area contributed by atoms with Crippen molar-refractivity contribution in [1.82, 2.24) is 10.6 Å². The van der Waals surface area contributed by atoms with Crippen LogP contribution in [0.15, 0.2) is 48.5 Å². The molecule has 2 rings (SSSR count). The Kier molecular flexibility index (Phi) is 5.36. The van der Waals surface area contributed by atoms with Crippen molar-refractivity contribution in [3.8, 4) is 11.1 Å². The highest BCUT2D eigenvalue weighted by Crippen LogP contribution is 2.21. The molecule has 5 heteroatoms. The Bertz CT molecular complexity index is 713. The number of carbonyl (C=O) groups excluding carboxylic acids is 2. The molecule has 3 amide bonds. The number of nitrogens with one attached hydrogen (secondary N) is 2. The van der Waals surface area contributed by atoms with Crippen LogP contribution in [-0.4, -0.2) is 18.0 Å². The second kappa shape index (κ2) is 7.45. The Labute approximate surface area is 135 Å². The normalized spacial score (nSPS) is 11.6. The van der Waals surface area contributed by atoms with Crippen LogP contribution in [0.4, 0.5) is 4.79 Å². The minimum Gasteiger partial charge on any atom is -0.352 e. The van der Waals surface area contributed by atoms with E-state index in [-0.39, 0.29) is 5.91 Å². The second-order valence-electron chi connectivity index (χ2n) is 5.52. The maximum atomic E-state index is 11.9. The van der Waals surface area contributed by atoms with E-state index in [1.54, 1.807) is 6.92 Å².